The number of para-hydroxylation sites is 1. The predicted octanol–water partition coefficient (Wildman–Crippen LogP) is 5.05. The lowest BCUT2D eigenvalue weighted by Gasteiger charge is -2.30. The van der Waals surface area contributed by atoms with E-state index in [1.807, 2.05) is 18.2 Å². The lowest BCUT2D eigenvalue weighted by Crippen LogP contribution is -2.35. The Labute approximate surface area is 210 Å². The van der Waals surface area contributed by atoms with Gasteiger partial charge in [-0.15, -0.1) is 6.58 Å². The summed E-state index contributed by atoms with van der Waals surface area (Å²) in [6.45, 7) is 4.20. The maximum Gasteiger partial charge on any atom is 0.279 e. The predicted molar refractivity (Wildman–Crippen MR) is 136 cm³/mol. The third-order valence-corrected chi connectivity index (χ3v) is 8.81. The second-order valence-corrected chi connectivity index (χ2v) is 11.1. The first-order valence-corrected chi connectivity index (χ1v) is 13.4. The number of aryl methyl sites for hydroxylation is 1. The van der Waals surface area contributed by atoms with Gasteiger partial charge in [-0.25, -0.2) is 17.2 Å². The molecule has 0 saturated carbocycles. The molecule has 0 aliphatic carbocycles. The second-order valence-electron chi connectivity index (χ2n) is 8.27. The average molecular weight is 526 g/mol. The molecule has 36 heavy (non-hydrogen) atoms. The molecule has 0 fully saturated rings. The van der Waals surface area contributed by atoms with Crippen LogP contribution < -0.4 is 9.11 Å². The number of sulfonamides is 1. The zero-order valence-corrected chi connectivity index (χ0v) is 20.7. The standard InChI is InChI=1S/C26H21F2N3O3S2/c1-2-13-30-24-21(28)15-19(27)16-23(24)35-26(30)29-25(32)18-9-11-20(12-10-18)36(33,34)31-14-5-7-17-6-3-4-8-22(17)31/h2-4,6,8-12,15-16H,1,5,7,13-14H2. The van der Waals surface area contributed by atoms with Crippen molar-refractivity contribution in [1.29, 1.82) is 0 Å². The van der Waals surface area contributed by atoms with Gasteiger partial charge in [0.1, 0.15) is 5.82 Å². The molecule has 0 N–H and O–H groups in total. The fourth-order valence-corrected chi connectivity index (χ4v) is 6.93. The number of fused-ring (bicyclic) bond motifs is 2. The number of benzene rings is 3. The third-order valence-electron chi connectivity index (χ3n) is 5.96. The highest BCUT2D eigenvalue weighted by molar-refractivity contribution is 7.92. The van der Waals surface area contributed by atoms with E-state index in [0.717, 1.165) is 35.8 Å². The monoisotopic (exact) mass is 525 g/mol. The van der Waals surface area contributed by atoms with E-state index in [2.05, 4.69) is 11.6 Å². The summed E-state index contributed by atoms with van der Waals surface area (Å²) >= 11 is 0.980. The highest BCUT2D eigenvalue weighted by atomic mass is 32.2. The normalized spacial score (nSPS) is 14.2. The van der Waals surface area contributed by atoms with E-state index < -0.39 is 27.6 Å². The Hall–Kier alpha value is -3.63. The van der Waals surface area contributed by atoms with Crippen molar-refractivity contribution >= 4 is 43.2 Å². The van der Waals surface area contributed by atoms with Crippen molar-refractivity contribution in [3.8, 4) is 0 Å². The second kappa shape index (κ2) is 9.44. The van der Waals surface area contributed by atoms with Gasteiger partial charge in [0.15, 0.2) is 10.6 Å². The lowest BCUT2D eigenvalue weighted by atomic mass is 10.0. The summed E-state index contributed by atoms with van der Waals surface area (Å²) < 4.78 is 58.0. The van der Waals surface area contributed by atoms with Crippen molar-refractivity contribution in [2.24, 2.45) is 4.99 Å². The Balaban J connectivity index is 1.49. The Morgan fingerprint density at radius 2 is 1.86 bits per heavy atom. The van der Waals surface area contributed by atoms with Crippen molar-refractivity contribution in [3.05, 3.63) is 101 Å². The molecule has 2 heterocycles. The molecule has 5 rings (SSSR count). The van der Waals surface area contributed by atoms with Crippen molar-refractivity contribution in [3.63, 3.8) is 0 Å². The number of carbonyl (C=O) groups is 1. The van der Waals surface area contributed by atoms with Gasteiger partial charge in [-0.05, 0) is 54.8 Å². The molecule has 4 aromatic rings. The molecular formula is C26H21F2N3O3S2. The number of rotatable bonds is 5. The molecule has 6 nitrogen and oxygen atoms in total. The number of aromatic nitrogens is 1. The van der Waals surface area contributed by atoms with E-state index in [1.54, 1.807) is 6.07 Å². The first kappa shape index (κ1) is 24.1. The van der Waals surface area contributed by atoms with E-state index in [9.17, 15) is 22.0 Å². The largest absolute Gasteiger partial charge is 0.310 e. The summed E-state index contributed by atoms with van der Waals surface area (Å²) in [5.74, 6) is -2.11. The lowest BCUT2D eigenvalue weighted by molar-refractivity contribution is 0.0997. The number of hydrogen-bond acceptors (Lipinski definition) is 4. The SMILES string of the molecule is C=CCn1c(=NC(=O)c2ccc(S(=O)(=O)N3CCCc4ccccc43)cc2)sc2cc(F)cc(F)c21. The van der Waals surface area contributed by atoms with Crippen LogP contribution in [0, 0.1) is 11.6 Å². The molecule has 1 aliphatic heterocycles. The maximum atomic E-state index is 14.4. The maximum absolute atomic E-state index is 14.4. The van der Waals surface area contributed by atoms with Gasteiger partial charge in [0, 0.05) is 24.7 Å². The molecule has 0 radical (unpaired) electrons. The first-order valence-electron chi connectivity index (χ1n) is 11.2. The highest BCUT2D eigenvalue weighted by Crippen LogP contribution is 2.32. The minimum absolute atomic E-state index is 0.0666. The summed E-state index contributed by atoms with van der Waals surface area (Å²) in [7, 11) is -3.82. The number of hydrogen-bond donors (Lipinski definition) is 0. The van der Waals surface area contributed by atoms with E-state index in [-0.39, 0.29) is 27.3 Å². The Kier molecular flexibility index (Phi) is 6.31. The minimum Gasteiger partial charge on any atom is -0.310 e. The molecule has 0 atom stereocenters. The van der Waals surface area contributed by atoms with Crippen molar-refractivity contribution in [1.82, 2.24) is 4.57 Å². The first-order chi connectivity index (χ1) is 17.3. The summed E-state index contributed by atoms with van der Waals surface area (Å²) in [6, 6.07) is 14.9. The van der Waals surface area contributed by atoms with Gasteiger partial charge in [-0.2, -0.15) is 4.99 Å². The molecule has 10 heteroatoms. The van der Waals surface area contributed by atoms with Gasteiger partial charge in [-0.1, -0.05) is 35.6 Å². The van der Waals surface area contributed by atoms with Crippen LogP contribution in [0.15, 0.2) is 83.2 Å². The molecule has 0 bridgehead atoms. The van der Waals surface area contributed by atoms with Crippen molar-refractivity contribution in [2.75, 3.05) is 10.8 Å². The molecule has 0 spiro atoms. The van der Waals surface area contributed by atoms with Crippen molar-refractivity contribution < 1.29 is 22.0 Å². The Morgan fingerprint density at radius 3 is 2.61 bits per heavy atom. The molecule has 1 amide bonds. The van der Waals surface area contributed by atoms with E-state index in [0.29, 0.717) is 16.9 Å². The van der Waals surface area contributed by atoms with Gasteiger partial charge >= 0.3 is 0 Å². The highest BCUT2D eigenvalue weighted by Gasteiger charge is 2.29. The summed E-state index contributed by atoms with van der Waals surface area (Å²) in [6.07, 6.45) is 3.06. The molecule has 0 saturated heterocycles. The van der Waals surface area contributed by atoms with E-state index >= 15 is 0 Å². The quantitative estimate of drug-likeness (QED) is 0.343. The topological polar surface area (TPSA) is 71.7 Å². The number of anilines is 1. The van der Waals surface area contributed by atoms with Gasteiger partial charge in [0.2, 0.25) is 0 Å². The van der Waals surface area contributed by atoms with Crippen LogP contribution in [0.25, 0.3) is 10.2 Å². The number of amides is 1. The zero-order chi connectivity index (χ0) is 25.4. The number of allylic oxidation sites excluding steroid dienone is 1. The van der Waals surface area contributed by atoms with Gasteiger partial charge < -0.3 is 4.57 Å². The molecule has 1 aromatic heterocycles. The summed E-state index contributed by atoms with van der Waals surface area (Å²) in [5, 5.41) is 0. The molecule has 0 unspecified atom stereocenters. The average Bonchev–Trinajstić information content (AvgIpc) is 3.20. The van der Waals surface area contributed by atoms with Crippen LogP contribution in [0.5, 0.6) is 0 Å². The molecule has 184 valence electrons. The van der Waals surface area contributed by atoms with Crippen molar-refractivity contribution in [2.45, 2.75) is 24.3 Å². The smallest absolute Gasteiger partial charge is 0.279 e. The summed E-state index contributed by atoms with van der Waals surface area (Å²) in [5.41, 5.74) is 1.95. The van der Waals surface area contributed by atoms with Gasteiger partial charge in [0.05, 0.1) is 20.8 Å². The number of halogens is 2. The minimum atomic E-state index is -3.82. The zero-order valence-electron chi connectivity index (χ0n) is 19.0. The fourth-order valence-electron chi connectivity index (χ4n) is 4.31. The number of thiazole rings is 1. The van der Waals surface area contributed by atoms with Crippen LogP contribution in [0.4, 0.5) is 14.5 Å². The molecule has 1 aliphatic rings. The summed E-state index contributed by atoms with van der Waals surface area (Å²) in [4.78, 5) is 17.3. The van der Waals surface area contributed by atoms with Crippen LogP contribution in [0.2, 0.25) is 0 Å². The van der Waals surface area contributed by atoms with Crippen LogP contribution in [-0.4, -0.2) is 25.4 Å². The molecular weight excluding hydrogens is 504 g/mol. The molecule has 3 aromatic carbocycles. The fraction of sp³-hybridized carbons (Fsp3) is 0.154. The van der Waals surface area contributed by atoms with Crippen LogP contribution in [-0.2, 0) is 23.0 Å². The van der Waals surface area contributed by atoms with Gasteiger partial charge in [-0.3, -0.25) is 9.10 Å². The Morgan fingerprint density at radius 1 is 1.11 bits per heavy atom. The van der Waals surface area contributed by atoms with Gasteiger partial charge in [0.25, 0.3) is 15.9 Å². The van der Waals surface area contributed by atoms with E-state index in [4.69, 9.17) is 0 Å². The number of nitrogens with zero attached hydrogens (tertiary/aromatic N) is 3. The van der Waals surface area contributed by atoms with Crippen LogP contribution >= 0.6 is 11.3 Å². The number of carbonyl (C=O) groups excluding carboxylic acids is 1. The van der Waals surface area contributed by atoms with Crippen LogP contribution in [0.3, 0.4) is 0 Å². The third kappa shape index (κ3) is 4.27. The van der Waals surface area contributed by atoms with E-state index in [1.165, 1.54) is 45.3 Å². The van der Waals surface area contributed by atoms with Crippen LogP contribution in [0.1, 0.15) is 22.3 Å². The Bertz CT molecular complexity index is 1670.